The van der Waals surface area contributed by atoms with Crippen LogP contribution < -0.4 is 10.7 Å². The molecular weight excluding hydrogens is 278 g/mol. The van der Waals surface area contributed by atoms with E-state index in [-0.39, 0.29) is 12.0 Å². The van der Waals surface area contributed by atoms with E-state index in [0.29, 0.717) is 17.7 Å². The molecule has 120 valence electrons. The molecule has 0 aliphatic carbocycles. The molecule has 2 aromatic rings. The van der Waals surface area contributed by atoms with Gasteiger partial charge in [-0.05, 0) is 19.1 Å². The first-order valence-corrected chi connectivity index (χ1v) is 7.52. The standard InChI is InChI=1S/C13H13N3O2.2C2H6/c1-9-5-12(18)11(7-15-8-17)13(16-9)10-3-2-4-14-6-10;2*1-2/h2-6,8H,7H2,1H3,(H,15,17)(H,16,18);2*1-2H3. The van der Waals surface area contributed by atoms with Crippen LogP contribution >= 0.6 is 0 Å². The molecule has 5 heteroatoms. The Morgan fingerprint density at radius 2 is 1.95 bits per heavy atom. The molecule has 0 aliphatic heterocycles. The van der Waals surface area contributed by atoms with Crippen molar-refractivity contribution in [3.8, 4) is 11.3 Å². The number of amides is 1. The summed E-state index contributed by atoms with van der Waals surface area (Å²) in [6.07, 6.45) is 3.92. The summed E-state index contributed by atoms with van der Waals surface area (Å²) in [5, 5.41) is 2.51. The summed E-state index contributed by atoms with van der Waals surface area (Å²) >= 11 is 0. The maximum atomic E-state index is 11.9. The van der Waals surface area contributed by atoms with Gasteiger partial charge in [0, 0.05) is 41.8 Å². The van der Waals surface area contributed by atoms with E-state index in [9.17, 15) is 9.59 Å². The summed E-state index contributed by atoms with van der Waals surface area (Å²) in [5.41, 5.74) is 2.72. The van der Waals surface area contributed by atoms with Crippen molar-refractivity contribution in [2.24, 2.45) is 0 Å². The first-order valence-electron chi connectivity index (χ1n) is 7.52. The van der Waals surface area contributed by atoms with Gasteiger partial charge in [0.2, 0.25) is 6.41 Å². The van der Waals surface area contributed by atoms with Crippen LogP contribution in [0.15, 0.2) is 35.4 Å². The highest BCUT2D eigenvalue weighted by molar-refractivity contribution is 5.62. The van der Waals surface area contributed by atoms with Crippen molar-refractivity contribution in [3.05, 3.63) is 52.1 Å². The van der Waals surface area contributed by atoms with Crippen LogP contribution in [-0.2, 0) is 11.3 Å². The van der Waals surface area contributed by atoms with E-state index >= 15 is 0 Å². The van der Waals surface area contributed by atoms with E-state index in [4.69, 9.17) is 0 Å². The zero-order valence-corrected chi connectivity index (χ0v) is 13.9. The number of hydrogen-bond acceptors (Lipinski definition) is 3. The Morgan fingerprint density at radius 3 is 2.50 bits per heavy atom. The zero-order chi connectivity index (χ0) is 17.0. The van der Waals surface area contributed by atoms with E-state index in [1.807, 2.05) is 40.7 Å². The van der Waals surface area contributed by atoms with Gasteiger partial charge in [-0.15, -0.1) is 0 Å². The Kier molecular flexibility index (Phi) is 10.0. The molecule has 2 aromatic heterocycles. The highest BCUT2D eigenvalue weighted by Crippen LogP contribution is 2.18. The van der Waals surface area contributed by atoms with Crippen LogP contribution in [0.25, 0.3) is 11.3 Å². The third-order valence-electron chi connectivity index (χ3n) is 2.58. The van der Waals surface area contributed by atoms with Crippen LogP contribution in [0.2, 0.25) is 0 Å². The monoisotopic (exact) mass is 303 g/mol. The largest absolute Gasteiger partial charge is 0.358 e. The quantitative estimate of drug-likeness (QED) is 0.852. The first kappa shape index (κ1) is 19.6. The minimum absolute atomic E-state index is 0.0977. The molecule has 2 N–H and O–H groups in total. The molecule has 0 spiro atoms. The fourth-order valence-electron chi connectivity index (χ4n) is 1.79. The van der Waals surface area contributed by atoms with Crippen molar-refractivity contribution in [2.45, 2.75) is 41.2 Å². The van der Waals surface area contributed by atoms with Gasteiger partial charge in [-0.1, -0.05) is 27.7 Å². The number of rotatable bonds is 4. The second-order valence-corrected chi connectivity index (χ2v) is 3.91. The average Bonchev–Trinajstić information content (AvgIpc) is 2.58. The number of aromatic nitrogens is 2. The Balaban J connectivity index is 0.00000102. The number of nitrogens with one attached hydrogen (secondary N) is 2. The number of carbonyl (C=O) groups is 1. The van der Waals surface area contributed by atoms with Crippen molar-refractivity contribution in [3.63, 3.8) is 0 Å². The number of H-pyrrole nitrogens is 1. The van der Waals surface area contributed by atoms with Crippen molar-refractivity contribution < 1.29 is 4.79 Å². The molecule has 0 saturated heterocycles. The average molecular weight is 303 g/mol. The van der Waals surface area contributed by atoms with Crippen molar-refractivity contribution in [1.29, 1.82) is 0 Å². The van der Waals surface area contributed by atoms with Gasteiger partial charge < -0.3 is 10.3 Å². The SMILES string of the molecule is CC.CC.Cc1cc(=O)c(CNC=O)c(-c2cccnc2)[nH]1. The molecule has 0 unspecified atom stereocenters. The lowest BCUT2D eigenvalue weighted by Crippen LogP contribution is -2.20. The molecule has 0 aromatic carbocycles. The Labute approximate surface area is 131 Å². The topological polar surface area (TPSA) is 74.8 Å². The lowest BCUT2D eigenvalue weighted by Gasteiger charge is -2.09. The number of aromatic amines is 1. The van der Waals surface area contributed by atoms with Crippen LogP contribution in [0.4, 0.5) is 0 Å². The highest BCUT2D eigenvalue weighted by atomic mass is 16.1. The molecule has 0 fully saturated rings. The molecule has 1 amide bonds. The van der Waals surface area contributed by atoms with E-state index in [2.05, 4.69) is 15.3 Å². The van der Waals surface area contributed by atoms with Crippen LogP contribution in [0, 0.1) is 6.92 Å². The number of hydrogen-bond donors (Lipinski definition) is 2. The van der Waals surface area contributed by atoms with E-state index in [1.165, 1.54) is 6.07 Å². The van der Waals surface area contributed by atoms with Crippen molar-refractivity contribution in [1.82, 2.24) is 15.3 Å². The maximum Gasteiger partial charge on any atom is 0.207 e. The van der Waals surface area contributed by atoms with Gasteiger partial charge in [0.25, 0.3) is 0 Å². The number of nitrogens with zero attached hydrogens (tertiary/aromatic N) is 1. The zero-order valence-electron chi connectivity index (χ0n) is 13.9. The van der Waals surface area contributed by atoms with E-state index in [0.717, 1.165) is 11.3 Å². The van der Waals surface area contributed by atoms with E-state index < -0.39 is 0 Å². The molecule has 0 saturated carbocycles. The summed E-state index contributed by atoms with van der Waals surface area (Å²) in [6, 6.07) is 5.18. The number of carbonyl (C=O) groups excluding carboxylic acids is 1. The minimum atomic E-state index is -0.0977. The molecule has 0 radical (unpaired) electrons. The van der Waals surface area contributed by atoms with Gasteiger partial charge in [-0.25, -0.2) is 0 Å². The Hall–Kier alpha value is -2.43. The third kappa shape index (κ3) is 5.52. The van der Waals surface area contributed by atoms with Gasteiger partial charge in [-0.2, -0.15) is 0 Å². The molecule has 22 heavy (non-hydrogen) atoms. The second kappa shape index (κ2) is 11.3. The Morgan fingerprint density at radius 1 is 1.27 bits per heavy atom. The number of pyridine rings is 2. The lowest BCUT2D eigenvalue weighted by molar-refractivity contribution is -0.109. The van der Waals surface area contributed by atoms with Gasteiger partial charge in [0.1, 0.15) is 0 Å². The normalized spacial score (nSPS) is 8.77. The minimum Gasteiger partial charge on any atom is -0.358 e. The van der Waals surface area contributed by atoms with Crippen LogP contribution in [-0.4, -0.2) is 16.4 Å². The smallest absolute Gasteiger partial charge is 0.207 e. The summed E-state index contributed by atoms with van der Waals surface area (Å²) in [7, 11) is 0. The lowest BCUT2D eigenvalue weighted by atomic mass is 10.1. The van der Waals surface area contributed by atoms with E-state index in [1.54, 1.807) is 18.5 Å². The molecule has 2 rings (SSSR count). The van der Waals surface area contributed by atoms with Gasteiger partial charge in [-0.3, -0.25) is 14.6 Å². The van der Waals surface area contributed by atoms with Gasteiger partial charge >= 0.3 is 0 Å². The maximum absolute atomic E-state index is 11.9. The molecule has 0 atom stereocenters. The molecule has 0 aliphatic rings. The summed E-state index contributed by atoms with van der Waals surface area (Å²) < 4.78 is 0. The molecule has 5 nitrogen and oxygen atoms in total. The fourth-order valence-corrected chi connectivity index (χ4v) is 1.79. The highest BCUT2D eigenvalue weighted by Gasteiger charge is 2.10. The van der Waals surface area contributed by atoms with Crippen molar-refractivity contribution >= 4 is 6.41 Å². The molecule has 2 heterocycles. The molecule has 0 bridgehead atoms. The van der Waals surface area contributed by atoms with Gasteiger partial charge in [0.05, 0.1) is 5.69 Å². The van der Waals surface area contributed by atoms with Crippen molar-refractivity contribution in [2.75, 3.05) is 0 Å². The third-order valence-corrected chi connectivity index (χ3v) is 2.58. The Bertz CT molecular complexity index is 607. The molecular formula is C17H25N3O2. The fraction of sp³-hybridized carbons (Fsp3) is 0.353. The summed E-state index contributed by atoms with van der Waals surface area (Å²) in [4.78, 5) is 29.5. The predicted octanol–water partition coefficient (Wildman–Crippen LogP) is 3.04. The van der Waals surface area contributed by atoms with Crippen LogP contribution in [0.3, 0.4) is 0 Å². The van der Waals surface area contributed by atoms with Crippen LogP contribution in [0.5, 0.6) is 0 Å². The summed E-state index contributed by atoms with van der Waals surface area (Å²) in [5.74, 6) is 0. The first-order chi connectivity index (χ1) is 10.7. The second-order valence-electron chi connectivity index (χ2n) is 3.91. The number of aryl methyl sites for hydroxylation is 1. The summed E-state index contributed by atoms with van der Waals surface area (Å²) in [6.45, 7) is 10.0. The van der Waals surface area contributed by atoms with Crippen LogP contribution in [0.1, 0.15) is 39.0 Å². The predicted molar refractivity (Wildman–Crippen MR) is 90.6 cm³/mol. The van der Waals surface area contributed by atoms with Gasteiger partial charge in [0.15, 0.2) is 5.43 Å².